The molecule has 0 aliphatic heterocycles. The fraction of sp³-hybridized carbons (Fsp3) is 0. The molecular weight excluding hydrogens is 873 g/mol. The summed E-state index contributed by atoms with van der Waals surface area (Å²) in [5.74, 6) is 0.626. The van der Waals surface area contributed by atoms with Crippen molar-refractivity contribution >= 4 is 92.3 Å². The van der Waals surface area contributed by atoms with Gasteiger partial charge < -0.3 is 13.6 Å². The van der Waals surface area contributed by atoms with Crippen LogP contribution >= 0.6 is 11.3 Å². The molecule has 328 valence electrons. The number of allylic oxidation sites excluding steroid dienone is 2. The van der Waals surface area contributed by atoms with Gasteiger partial charge in [-0.3, -0.25) is 0 Å². The van der Waals surface area contributed by atoms with Crippen LogP contribution in [0.25, 0.3) is 137 Å². The number of benzene rings is 9. The normalized spacial score (nSPS) is 12.0. The van der Waals surface area contributed by atoms with Gasteiger partial charge in [0, 0.05) is 75.2 Å². The van der Waals surface area contributed by atoms with Crippen molar-refractivity contribution in [3.63, 3.8) is 0 Å². The van der Waals surface area contributed by atoms with E-state index in [1.54, 1.807) is 12.3 Å². The van der Waals surface area contributed by atoms with E-state index in [0.717, 1.165) is 72.6 Å². The quantitative estimate of drug-likeness (QED) is 0.143. The Bertz CT molecular complexity index is 4350. The van der Waals surface area contributed by atoms with Crippen LogP contribution in [0.15, 0.2) is 236 Å². The third kappa shape index (κ3) is 6.10. The first-order chi connectivity index (χ1) is 34.7. The van der Waals surface area contributed by atoms with Gasteiger partial charge in [-0.2, -0.15) is 0 Å². The predicted molar refractivity (Wildman–Crippen MR) is 294 cm³/mol. The van der Waals surface area contributed by atoms with Crippen LogP contribution in [-0.2, 0) is 0 Å². The van der Waals surface area contributed by atoms with Crippen molar-refractivity contribution in [3.8, 4) is 56.3 Å². The van der Waals surface area contributed by atoms with E-state index in [4.69, 9.17) is 14.4 Å². The van der Waals surface area contributed by atoms with Crippen LogP contribution in [0.1, 0.15) is 5.56 Å². The Morgan fingerprint density at radius 3 is 1.57 bits per heavy atom. The van der Waals surface area contributed by atoms with E-state index >= 15 is 0 Å². The first-order valence-corrected chi connectivity index (χ1v) is 24.3. The summed E-state index contributed by atoms with van der Waals surface area (Å²) in [6, 6.07) is 74.1. The summed E-state index contributed by atoms with van der Waals surface area (Å²) in [7, 11) is 0. The second kappa shape index (κ2) is 16.0. The van der Waals surface area contributed by atoms with Gasteiger partial charge in [-0.25, -0.2) is 9.97 Å². The van der Waals surface area contributed by atoms with Crippen LogP contribution in [0.2, 0.25) is 0 Å². The molecule has 5 nitrogen and oxygen atoms in total. The van der Waals surface area contributed by atoms with Gasteiger partial charge in [0.15, 0.2) is 11.4 Å². The molecule has 0 unspecified atom stereocenters. The molecule has 0 radical (unpaired) electrons. The maximum absolute atomic E-state index is 6.46. The summed E-state index contributed by atoms with van der Waals surface area (Å²) in [4.78, 5) is 10.5. The second-order valence-corrected chi connectivity index (χ2v) is 18.7. The molecule has 0 atom stereocenters. The van der Waals surface area contributed by atoms with E-state index in [1.165, 1.54) is 52.8 Å². The Hall–Kier alpha value is -9.10. The van der Waals surface area contributed by atoms with Crippen molar-refractivity contribution in [1.82, 2.24) is 19.1 Å². The Morgan fingerprint density at radius 1 is 0.471 bits per heavy atom. The van der Waals surface area contributed by atoms with Gasteiger partial charge in [-0.1, -0.05) is 176 Å². The lowest BCUT2D eigenvalue weighted by atomic mass is 9.91. The number of rotatable bonds is 8. The summed E-state index contributed by atoms with van der Waals surface area (Å²) in [6.07, 6.45) is 7.43. The highest BCUT2D eigenvalue weighted by molar-refractivity contribution is 7.27. The van der Waals surface area contributed by atoms with Crippen molar-refractivity contribution in [2.24, 2.45) is 0 Å². The Morgan fingerprint density at radius 2 is 0.986 bits per heavy atom. The van der Waals surface area contributed by atoms with Gasteiger partial charge in [0.2, 0.25) is 0 Å². The number of hydrogen-bond donors (Lipinski definition) is 0. The van der Waals surface area contributed by atoms with Crippen LogP contribution in [-0.4, -0.2) is 19.1 Å². The van der Waals surface area contributed by atoms with E-state index in [2.05, 4.69) is 204 Å². The number of aromatic nitrogens is 4. The molecule has 0 fully saturated rings. The van der Waals surface area contributed by atoms with Gasteiger partial charge in [-0.15, -0.1) is 11.3 Å². The molecule has 0 aliphatic rings. The zero-order valence-electron chi connectivity index (χ0n) is 37.8. The molecule has 0 N–H and O–H groups in total. The van der Waals surface area contributed by atoms with Crippen LogP contribution < -0.4 is 0 Å². The smallest absolute Gasteiger partial charge is 0.179 e. The molecule has 0 amide bonds. The van der Waals surface area contributed by atoms with Crippen LogP contribution in [0.5, 0.6) is 0 Å². The summed E-state index contributed by atoms with van der Waals surface area (Å²) in [5, 5.41) is 7.54. The standard InChI is InChI=1S/C64H40N4OS/c1-2-3-20-43-39-69-61-58(43)65-64(42-25-12-6-13-26-42)66-59(61)44-37-50(40-21-8-4-9-22-40)60(51(38-44)41-23-10-5-11-24-41)68-53-32-19-17-30-49(53)57-55(68)36-34-47-46-33-35-54-56(62(46)70-63(47)57)48-29-16-18-31-52(48)67(54)45-27-14-7-15-28-45/h2-39H,1H2/b20-3-. The van der Waals surface area contributed by atoms with Gasteiger partial charge in [0.25, 0.3) is 0 Å². The van der Waals surface area contributed by atoms with Crippen molar-refractivity contribution in [1.29, 1.82) is 0 Å². The fourth-order valence-corrected chi connectivity index (χ4v) is 12.1. The summed E-state index contributed by atoms with van der Waals surface area (Å²) >= 11 is 1.91. The molecule has 0 bridgehead atoms. The van der Waals surface area contributed by atoms with Crippen LogP contribution in [0, 0.1) is 0 Å². The lowest BCUT2D eigenvalue weighted by molar-refractivity contribution is 0.614. The lowest BCUT2D eigenvalue weighted by Crippen LogP contribution is -2.02. The third-order valence-electron chi connectivity index (χ3n) is 13.8. The molecule has 9 aromatic carbocycles. The fourth-order valence-electron chi connectivity index (χ4n) is 10.7. The monoisotopic (exact) mass is 912 g/mol. The molecule has 14 rings (SSSR count). The Labute approximate surface area is 406 Å². The van der Waals surface area contributed by atoms with Gasteiger partial charge in [-0.05, 0) is 65.7 Å². The minimum Gasteiger partial charge on any atom is -0.460 e. The van der Waals surface area contributed by atoms with E-state index in [1.807, 2.05) is 41.7 Å². The van der Waals surface area contributed by atoms with Crippen molar-refractivity contribution in [3.05, 3.63) is 237 Å². The minimum atomic E-state index is 0.624. The molecule has 0 saturated heterocycles. The SMILES string of the molecule is C=C/C=C\c1coc2c(-c3cc(-c4ccccc4)c(-n4c5ccccc5c5c6sc7c(ccc8c7c7ccccc7n8-c7ccccc7)c6ccc54)c(-c4ccccc4)c3)nc(-c3ccccc3)nc12. The summed E-state index contributed by atoms with van der Waals surface area (Å²) < 4.78 is 14.0. The van der Waals surface area contributed by atoms with E-state index in [0.29, 0.717) is 11.4 Å². The lowest BCUT2D eigenvalue weighted by Gasteiger charge is -2.21. The van der Waals surface area contributed by atoms with Gasteiger partial charge in [0.05, 0.1) is 27.8 Å². The molecule has 0 spiro atoms. The first kappa shape index (κ1) is 40.0. The largest absolute Gasteiger partial charge is 0.460 e. The molecule has 5 heterocycles. The molecule has 6 heteroatoms. The van der Waals surface area contributed by atoms with Crippen LogP contribution in [0.4, 0.5) is 0 Å². The van der Waals surface area contributed by atoms with E-state index in [-0.39, 0.29) is 0 Å². The molecular formula is C64H40N4OS. The topological polar surface area (TPSA) is 48.8 Å². The van der Waals surface area contributed by atoms with E-state index in [9.17, 15) is 0 Å². The van der Waals surface area contributed by atoms with Gasteiger partial charge in [0.1, 0.15) is 17.5 Å². The number of para-hydroxylation sites is 3. The molecule has 0 aliphatic carbocycles. The highest BCUT2D eigenvalue weighted by Gasteiger charge is 2.26. The average molecular weight is 913 g/mol. The molecule has 70 heavy (non-hydrogen) atoms. The number of fused-ring (bicyclic) bond motifs is 12. The van der Waals surface area contributed by atoms with Gasteiger partial charge >= 0.3 is 0 Å². The van der Waals surface area contributed by atoms with Crippen molar-refractivity contribution in [2.75, 3.05) is 0 Å². The maximum Gasteiger partial charge on any atom is 0.179 e. The maximum atomic E-state index is 6.46. The molecule has 5 aromatic heterocycles. The Kier molecular flexibility index (Phi) is 9.16. The van der Waals surface area contributed by atoms with E-state index < -0.39 is 0 Å². The molecule has 14 aromatic rings. The predicted octanol–water partition coefficient (Wildman–Crippen LogP) is 17.7. The highest BCUT2D eigenvalue weighted by atomic mass is 32.1. The summed E-state index contributed by atoms with van der Waals surface area (Å²) in [5.41, 5.74) is 16.0. The first-order valence-electron chi connectivity index (χ1n) is 23.5. The zero-order chi connectivity index (χ0) is 46.3. The summed E-state index contributed by atoms with van der Waals surface area (Å²) in [6.45, 7) is 3.92. The van der Waals surface area contributed by atoms with Crippen LogP contribution in [0.3, 0.4) is 0 Å². The molecule has 0 saturated carbocycles. The second-order valence-electron chi connectivity index (χ2n) is 17.7. The number of hydrogen-bond acceptors (Lipinski definition) is 4. The number of nitrogens with zero attached hydrogens (tertiary/aromatic N) is 4. The average Bonchev–Trinajstić information content (AvgIpc) is 4.20. The minimum absolute atomic E-state index is 0.624. The third-order valence-corrected chi connectivity index (χ3v) is 15.0. The number of thiophene rings is 1. The number of furan rings is 1. The Balaban J connectivity index is 1.09. The van der Waals surface area contributed by atoms with Crippen molar-refractivity contribution in [2.45, 2.75) is 0 Å². The zero-order valence-corrected chi connectivity index (χ0v) is 38.6. The van der Waals surface area contributed by atoms with Crippen molar-refractivity contribution < 1.29 is 4.42 Å². The highest BCUT2D eigenvalue weighted by Crippen LogP contribution is 2.50.